The van der Waals surface area contributed by atoms with E-state index in [1.54, 1.807) is 24.3 Å². The smallest absolute Gasteiger partial charge is 0.418 e. The molecule has 0 fully saturated rings. The number of para-hydroxylation sites is 2. The maximum Gasteiger partial charge on any atom is 0.418 e. The molecule has 1 N–H and O–H groups in total. The Morgan fingerprint density at radius 3 is 2.39 bits per heavy atom. The zero-order valence-electron chi connectivity index (χ0n) is 17.0. The van der Waals surface area contributed by atoms with E-state index in [1.165, 1.54) is 12.1 Å². The van der Waals surface area contributed by atoms with Crippen molar-refractivity contribution in [3.8, 4) is 5.75 Å². The molecule has 1 aromatic heterocycles. The number of hydrogen-bond donors (Lipinski definition) is 1. The first-order chi connectivity index (χ1) is 15.7. The minimum atomic E-state index is -4.66. The third-order valence-corrected chi connectivity index (χ3v) is 4.23. The molecule has 0 unspecified atom stereocenters. The molecule has 0 aliphatic carbocycles. The van der Waals surface area contributed by atoms with Crippen molar-refractivity contribution in [2.24, 2.45) is 0 Å². The van der Waals surface area contributed by atoms with Crippen LogP contribution in [0.15, 0.2) is 71.5 Å². The van der Waals surface area contributed by atoms with Crippen LogP contribution in [0.2, 0.25) is 0 Å². The van der Waals surface area contributed by atoms with Gasteiger partial charge in [-0.05, 0) is 30.3 Å². The molecule has 3 rings (SSSR count). The molecule has 0 spiro atoms. The maximum atomic E-state index is 13.0. The molecule has 3 aromatic rings. The van der Waals surface area contributed by atoms with Crippen molar-refractivity contribution in [3.63, 3.8) is 0 Å². The molecule has 1 heterocycles. The zero-order chi connectivity index (χ0) is 23.8. The van der Waals surface area contributed by atoms with Crippen molar-refractivity contribution in [3.05, 3.63) is 88.3 Å². The summed E-state index contributed by atoms with van der Waals surface area (Å²) in [5, 5.41) is 5.94. The fourth-order valence-electron chi connectivity index (χ4n) is 2.72. The van der Waals surface area contributed by atoms with Gasteiger partial charge in [-0.15, -0.1) is 0 Å². The standard InChI is InChI=1S/C22H18F3N3O5/c23-22(24,25)16-8-4-5-9-17(16)26-19(29)14-33-21(31)18-10-11-20(30)28(27-18)12-13-32-15-6-2-1-3-7-15/h1-11H,12-14H2,(H,26,29). The van der Waals surface area contributed by atoms with Gasteiger partial charge in [0, 0.05) is 6.07 Å². The summed E-state index contributed by atoms with van der Waals surface area (Å²) >= 11 is 0. The number of carbonyl (C=O) groups is 2. The number of hydrogen-bond acceptors (Lipinski definition) is 6. The molecular formula is C22H18F3N3O5. The number of aromatic nitrogens is 2. The van der Waals surface area contributed by atoms with Crippen molar-refractivity contribution >= 4 is 17.6 Å². The number of amides is 1. The van der Waals surface area contributed by atoms with Crippen LogP contribution in [0.4, 0.5) is 18.9 Å². The van der Waals surface area contributed by atoms with Crippen LogP contribution in [0.3, 0.4) is 0 Å². The summed E-state index contributed by atoms with van der Waals surface area (Å²) in [5.74, 6) is -1.39. The van der Waals surface area contributed by atoms with Crippen LogP contribution in [0.25, 0.3) is 0 Å². The molecule has 0 radical (unpaired) electrons. The van der Waals surface area contributed by atoms with E-state index in [-0.39, 0.29) is 18.8 Å². The molecule has 2 aromatic carbocycles. The molecule has 0 atom stereocenters. The normalized spacial score (nSPS) is 11.0. The van der Waals surface area contributed by atoms with E-state index in [0.29, 0.717) is 5.75 Å². The molecule has 0 saturated heterocycles. The third kappa shape index (κ3) is 6.66. The van der Waals surface area contributed by atoms with Gasteiger partial charge in [0.05, 0.1) is 17.8 Å². The Kier molecular flexibility index (Phi) is 7.44. The second-order valence-electron chi connectivity index (χ2n) is 6.61. The first kappa shape index (κ1) is 23.5. The Bertz CT molecular complexity index is 1180. The van der Waals surface area contributed by atoms with Crippen molar-refractivity contribution < 1.29 is 32.2 Å². The lowest BCUT2D eigenvalue weighted by atomic mass is 10.1. The minimum absolute atomic E-state index is 0.0452. The van der Waals surface area contributed by atoms with Crippen LogP contribution in [0.5, 0.6) is 5.75 Å². The van der Waals surface area contributed by atoms with Crippen molar-refractivity contribution in [2.45, 2.75) is 12.7 Å². The lowest BCUT2D eigenvalue weighted by molar-refractivity contribution is -0.137. The van der Waals surface area contributed by atoms with Gasteiger partial charge in [-0.2, -0.15) is 18.3 Å². The summed E-state index contributed by atoms with van der Waals surface area (Å²) in [4.78, 5) is 36.1. The largest absolute Gasteiger partial charge is 0.492 e. The SMILES string of the molecule is O=C(COC(=O)c1ccc(=O)n(CCOc2ccccc2)n1)Nc1ccccc1C(F)(F)F. The molecule has 0 aliphatic heterocycles. The van der Waals surface area contributed by atoms with E-state index in [9.17, 15) is 27.6 Å². The van der Waals surface area contributed by atoms with E-state index >= 15 is 0 Å². The highest BCUT2D eigenvalue weighted by molar-refractivity contribution is 5.95. The van der Waals surface area contributed by atoms with Gasteiger partial charge in [0.15, 0.2) is 12.3 Å². The molecule has 33 heavy (non-hydrogen) atoms. The Hall–Kier alpha value is -4.15. The van der Waals surface area contributed by atoms with Gasteiger partial charge in [0.25, 0.3) is 11.5 Å². The van der Waals surface area contributed by atoms with E-state index in [4.69, 9.17) is 9.47 Å². The highest BCUT2D eigenvalue weighted by Crippen LogP contribution is 2.34. The topological polar surface area (TPSA) is 99.5 Å². The lowest BCUT2D eigenvalue weighted by Gasteiger charge is -2.13. The Balaban J connectivity index is 1.56. The van der Waals surface area contributed by atoms with Crippen molar-refractivity contribution in [2.75, 3.05) is 18.5 Å². The highest BCUT2D eigenvalue weighted by atomic mass is 19.4. The van der Waals surface area contributed by atoms with Gasteiger partial charge in [-0.3, -0.25) is 9.59 Å². The van der Waals surface area contributed by atoms with E-state index in [1.807, 2.05) is 6.07 Å². The van der Waals surface area contributed by atoms with E-state index in [0.717, 1.165) is 28.9 Å². The number of alkyl halides is 3. The summed E-state index contributed by atoms with van der Waals surface area (Å²) in [6.07, 6.45) is -4.66. The molecule has 11 heteroatoms. The van der Waals surface area contributed by atoms with E-state index < -0.39 is 41.5 Å². The fraction of sp³-hybridized carbons (Fsp3) is 0.182. The highest BCUT2D eigenvalue weighted by Gasteiger charge is 2.33. The number of esters is 1. The number of carbonyl (C=O) groups excluding carboxylic acids is 2. The summed E-state index contributed by atoms with van der Waals surface area (Å²) in [7, 11) is 0. The monoisotopic (exact) mass is 461 g/mol. The van der Waals surface area contributed by atoms with Gasteiger partial charge in [0.2, 0.25) is 0 Å². The molecular weight excluding hydrogens is 443 g/mol. The van der Waals surface area contributed by atoms with Gasteiger partial charge in [-0.1, -0.05) is 30.3 Å². The quantitative estimate of drug-likeness (QED) is 0.518. The average molecular weight is 461 g/mol. The first-order valence-electron chi connectivity index (χ1n) is 9.63. The van der Waals surface area contributed by atoms with Gasteiger partial charge < -0.3 is 14.8 Å². The maximum absolute atomic E-state index is 13.0. The molecule has 0 aliphatic rings. The summed E-state index contributed by atoms with van der Waals surface area (Å²) in [5.41, 5.74) is -2.23. The molecule has 0 bridgehead atoms. The molecule has 8 nitrogen and oxygen atoms in total. The molecule has 172 valence electrons. The van der Waals surface area contributed by atoms with Gasteiger partial charge in [0.1, 0.15) is 12.4 Å². The third-order valence-electron chi connectivity index (χ3n) is 4.23. The van der Waals surface area contributed by atoms with Gasteiger partial charge in [-0.25, -0.2) is 9.48 Å². The zero-order valence-corrected chi connectivity index (χ0v) is 17.0. The van der Waals surface area contributed by atoms with Crippen molar-refractivity contribution in [1.29, 1.82) is 0 Å². The molecule has 1 amide bonds. The minimum Gasteiger partial charge on any atom is -0.492 e. The number of anilines is 1. The Morgan fingerprint density at radius 2 is 1.67 bits per heavy atom. The van der Waals surface area contributed by atoms with Crippen LogP contribution < -0.4 is 15.6 Å². The van der Waals surface area contributed by atoms with Gasteiger partial charge >= 0.3 is 12.1 Å². The second-order valence-corrected chi connectivity index (χ2v) is 6.61. The number of benzene rings is 2. The lowest BCUT2D eigenvalue weighted by Crippen LogP contribution is -2.28. The number of nitrogens with one attached hydrogen (secondary N) is 1. The number of ether oxygens (including phenoxy) is 2. The van der Waals surface area contributed by atoms with Crippen LogP contribution in [0, 0.1) is 0 Å². The predicted molar refractivity (Wildman–Crippen MR) is 111 cm³/mol. The Morgan fingerprint density at radius 1 is 0.970 bits per heavy atom. The summed E-state index contributed by atoms with van der Waals surface area (Å²) in [6, 6.07) is 15.5. The second kappa shape index (κ2) is 10.4. The van der Waals surface area contributed by atoms with Crippen molar-refractivity contribution in [1.82, 2.24) is 9.78 Å². The molecule has 0 saturated carbocycles. The van der Waals surface area contributed by atoms with E-state index in [2.05, 4.69) is 10.4 Å². The van der Waals surface area contributed by atoms with Crippen LogP contribution in [-0.2, 0) is 22.3 Å². The first-order valence-corrected chi connectivity index (χ1v) is 9.63. The summed E-state index contributed by atoms with van der Waals surface area (Å²) in [6.45, 7) is -0.692. The summed E-state index contributed by atoms with van der Waals surface area (Å²) < 4.78 is 50.3. The number of rotatable bonds is 8. The average Bonchev–Trinajstić information content (AvgIpc) is 2.79. The van der Waals surface area contributed by atoms with Crippen LogP contribution >= 0.6 is 0 Å². The number of nitrogens with zero attached hydrogens (tertiary/aromatic N) is 2. The van der Waals surface area contributed by atoms with Crippen LogP contribution in [-0.4, -0.2) is 34.9 Å². The Labute approximate surface area is 185 Å². The van der Waals surface area contributed by atoms with Crippen LogP contribution in [0.1, 0.15) is 16.1 Å². The predicted octanol–water partition coefficient (Wildman–Crippen LogP) is 3.14. The number of halogens is 3. The fourth-order valence-corrected chi connectivity index (χ4v) is 2.72.